The number of halogens is 3. The van der Waals surface area contributed by atoms with Crippen molar-refractivity contribution in [3.63, 3.8) is 0 Å². The second-order valence-corrected chi connectivity index (χ2v) is 4.50. The first-order chi connectivity index (χ1) is 11.0. The molecule has 2 rings (SSSR count). The molecule has 0 atom stereocenters. The summed E-state index contributed by atoms with van der Waals surface area (Å²) >= 11 is 0. The highest BCUT2D eigenvalue weighted by Gasteiger charge is 2.41. The number of benzene rings is 2. The number of alkyl halides is 3. The van der Waals surface area contributed by atoms with Crippen molar-refractivity contribution < 1.29 is 22.6 Å². The third kappa shape index (κ3) is 3.92. The first kappa shape index (κ1) is 16.2. The third-order valence-electron chi connectivity index (χ3n) is 3.08. The molecule has 0 aliphatic rings. The van der Waals surface area contributed by atoms with Gasteiger partial charge in [0.05, 0.1) is 0 Å². The summed E-state index contributed by atoms with van der Waals surface area (Å²) in [6, 6.07) is 10.2. The van der Waals surface area contributed by atoms with Crippen LogP contribution in [0.5, 0.6) is 11.5 Å². The minimum Gasteiger partial charge on any atom is -0.388 e. The second-order valence-electron chi connectivity index (χ2n) is 4.50. The number of rotatable bonds is 4. The maximum Gasteiger partial charge on any atom is 0.399 e. The molecule has 0 aliphatic heterocycles. The molecule has 0 aliphatic carbocycles. The van der Waals surface area contributed by atoms with Crippen molar-refractivity contribution in [2.75, 3.05) is 0 Å². The van der Waals surface area contributed by atoms with Gasteiger partial charge in [-0.15, -0.1) is 10.5 Å². The lowest BCUT2D eigenvalue weighted by atomic mass is 9.90. The lowest BCUT2D eigenvalue weighted by Crippen LogP contribution is -2.21. The Bertz CT molecular complexity index is 682. The van der Waals surface area contributed by atoms with Gasteiger partial charge in [-0.05, 0) is 35.4 Å². The molecular weight excluding hydrogens is 309 g/mol. The van der Waals surface area contributed by atoms with E-state index in [-0.39, 0.29) is 22.6 Å². The van der Waals surface area contributed by atoms with Gasteiger partial charge in [0.2, 0.25) is 0 Å². The quantitative estimate of drug-likeness (QED) is 0.796. The van der Waals surface area contributed by atoms with Gasteiger partial charge < -0.3 is 9.47 Å². The maximum absolute atomic E-state index is 13.4. The lowest BCUT2D eigenvalue weighted by molar-refractivity contribution is -0.141. The highest BCUT2D eigenvalue weighted by molar-refractivity contribution is 5.39. The SMILES string of the molecule is N#COc1ccc(C(c2ccc(OC#N)cc2)C(F)(F)F)cc1. The minimum absolute atomic E-state index is 0.0109. The van der Waals surface area contributed by atoms with Crippen molar-refractivity contribution in [2.45, 2.75) is 12.1 Å². The average Bonchev–Trinajstić information content (AvgIpc) is 2.50. The van der Waals surface area contributed by atoms with Gasteiger partial charge in [0.25, 0.3) is 12.5 Å². The van der Waals surface area contributed by atoms with Gasteiger partial charge in [-0.3, -0.25) is 0 Å². The van der Waals surface area contributed by atoms with E-state index in [2.05, 4.69) is 9.47 Å². The van der Waals surface area contributed by atoms with E-state index in [9.17, 15) is 13.2 Å². The van der Waals surface area contributed by atoms with Crippen LogP contribution in [0, 0.1) is 23.0 Å². The molecule has 0 saturated carbocycles. The molecule has 0 amide bonds. The molecule has 2 aromatic rings. The van der Waals surface area contributed by atoms with Crippen LogP contribution in [0.25, 0.3) is 0 Å². The summed E-state index contributed by atoms with van der Waals surface area (Å²) in [4.78, 5) is 0. The smallest absolute Gasteiger partial charge is 0.388 e. The molecule has 0 spiro atoms. The molecule has 23 heavy (non-hydrogen) atoms. The second kappa shape index (κ2) is 6.71. The van der Waals surface area contributed by atoms with Gasteiger partial charge in [0, 0.05) is 0 Å². The average molecular weight is 318 g/mol. The Hall–Kier alpha value is -3.19. The van der Waals surface area contributed by atoms with E-state index in [1.54, 1.807) is 0 Å². The Morgan fingerprint density at radius 2 is 1.09 bits per heavy atom. The van der Waals surface area contributed by atoms with Crippen LogP contribution in [0.15, 0.2) is 48.5 Å². The first-order valence-corrected chi connectivity index (χ1v) is 6.34. The fraction of sp³-hybridized carbons (Fsp3) is 0.125. The Morgan fingerprint density at radius 3 is 1.35 bits per heavy atom. The number of hydrogen-bond acceptors (Lipinski definition) is 4. The van der Waals surface area contributed by atoms with E-state index < -0.39 is 12.1 Å². The van der Waals surface area contributed by atoms with Gasteiger partial charge in [-0.1, -0.05) is 24.3 Å². The van der Waals surface area contributed by atoms with Crippen LogP contribution in [0.3, 0.4) is 0 Å². The van der Waals surface area contributed by atoms with Crippen LogP contribution in [-0.4, -0.2) is 6.18 Å². The molecular formula is C16H9F3N2O2. The summed E-state index contributed by atoms with van der Waals surface area (Å²) in [5.74, 6) is -1.51. The molecule has 0 unspecified atom stereocenters. The molecule has 0 saturated heterocycles. The zero-order valence-corrected chi connectivity index (χ0v) is 11.5. The zero-order chi connectivity index (χ0) is 16.9. The molecule has 7 heteroatoms. The largest absolute Gasteiger partial charge is 0.399 e. The predicted molar refractivity (Wildman–Crippen MR) is 73.3 cm³/mol. The third-order valence-corrected chi connectivity index (χ3v) is 3.08. The van der Waals surface area contributed by atoms with Crippen LogP contribution in [0.4, 0.5) is 13.2 Å². The van der Waals surface area contributed by atoms with E-state index in [4.69, 9.17) is 10.5 Å². The molecule has 2 aromatic carbocycles. The van der Waals surface area contributed by atoms with Crippen LogP contribution >= 0.6 is 0 Å². The summed E-state index contributed by atoms with van der Waals surface area (Å²) in [5.41, 5.74) is 0.0217. The van der Waals surface area contributed by atoms with Gasteiger partial charge in [-0.25, -0.2) is 0 Å². The van der Waals surface area contributed by atoms with Crippen molar-refractivity contribution in [3.8, 4) is 24.0 Å². The summed E-state index contributed by atoms with van der Waals surface area (Å²) in [7, 11) is 0. The van der Waals surface area contributed by atoms with E-state index >= 15 is 0 Å². The van der Waals surface area contributed by atoms with Crippen molar-refractivity contribution in [2.24, 2.45) is 0 Å². The van der Waals surface area contributed by atoms with E-state index in [1.165, 1.54) is 61.0 Å². The Labute approximate surface area is 129 Å². The first-order valence-electron chi connectivity index (χ1n) is 6.34. The predicted octanol–water partition coefficient (Wildman–Crippen LogP) is 4.10. The monoisotopic (exact) mass is 318 g/mol. The van der Waals surface area contributed by atoms with E-state index in [0.29, 0.717) is 0 Å². The highest BCUT2D eigenvalue weighted by atomic mass is 19.4. The number of nitrogens with zero attached hydrogens (tertiary/aromatic N) is 2. The van der Waals surface area contributed by atoms with Crippen molar-refractivity contribution in [3.05, 3.63) is 59.7 Å². The standard InChI is InChI=1S/C16H9F3N2O2/c17-16(18,19)15(11-1-5-13(6-2-11)22-9-20)12-3-7-14(8-4-12)23-10-21/h1-8,15H. The molecule has 116 valence electrons. The van der Waals surface area contributed by atoms with E-state index in [1.807, 2.05) is 0 Å². The van der Waals surface area contributed by atoms with Crippen LogP contribution in [0.2, 0.25) is 0 Å². The molecule has 0 fully saturated rings. The van der Waals surface area contributed by atoms with Crippen molar-refractivity contribution >= 4 is 0 Å². The number of ether oxygens (including phenoxy) is 2. The molecule has 0 bridgehead atoms. The van der Waals surface area contributed by atoms with E-state index in [0.717, 1.165) is 0 Å². The summed E-state index contributed by atoms with van der Waals surface area (Å²) in [6.45, 7) is 0. The zero-order valence-electron chi connectivity index (χ0n) is 11.5. The van der Waals surface area contributed by atoms with Gasteiger partial charge in [0.15, 0.2) is 0 Å². The van der Waals surface area contributed by atoms with Gasteiger partial charge in [0.1, 0.15) is 17.4 Å². The van der Waals surface area contributed by atoms with Crippen molar-refractivity contribution in [1.82, 2.24) is 0 Å². The van der Waals surface area contributed by atoms with Crippen LogP contribution < -0.4 is 9.47 Å². The highest BCUT2D eigenvalue weighted by Crippen LogP contribution is 2.40. The Kier molecular flexibility index (Phi) is 4.72. The Morgan fingerprint density at radius 1 is 0.739 bits per heavy atom. The molecule has 0 N–H and O–H groups in total. The van der Waals surface area contributed by atoms with Crippen LogP contribution in [0.1, 0.15) is 17.0 Å². The van der Waals surface area contributed by atoms with Gasteiger partial charge >= 0.3 is 6.18 Å². The molecule has 4 nitrogen and oxygen atoms in total. The number of hydrogen-bond donors (Lipinski definition) is 0. The fourth-order valence-electron chi connectivity index (χ4n) is 2.13. The fourth-order valence-corrected chi connectivity index (χ4v) is 2.13. The van der Waals surface area contributed by atoms with Crippen molar-refractivity contribution in [1.29, 1.82) is 10.5 Å². The molecule has 0 heterocycles. The minimum atomic E-state index is -4.50. The van der Waals surface area contributed by atoms with Crippen LogP contribution in [-0.2, 0) is 0 Å². The lowest BCUT2D eigenvalue weighted by Gasteiger charge is -2.21. The molecule has 0 aromatic heterocycles. The summed E-state index contributed by atoms with van der Waals surface area (Å²) in [6.07, 6.45) is -1.60. The molecule has 0 radical (unpaired) electrons. The summed E-state index contributed by atoms with van der Waals surface area (Å²) in [5, 5.41) is 16.8. The summed E-state index contributed by atoms with van der Waals surface area (Å²) < 4.78 is 49.4. The van der Waals surface area contributed by atoms with Gasteiger partial charge in [-0.2, -0.15) is 13.2 Å². The maximum atomic E-state index is 13.4. The normalized spacial score (nSPS) is 10.7. The Balaban J connectivity index is 2.38. The topological polar surface area (TPSA) is 66.0 Å². The number of nitriles is 2.